The van der Waals surface area contributed by atoms with E-state index in [1.165, 1.54) is 12.1 Å². The van der Waals surface area contributed by atoms with E-state index in [9.17, 15) is 13.2 Å². The van der Waals surface area contributed by atoms with Crippen LogP contribution in [0, 0.1) is 11.3 Å². The molecule has 1 aromatic carbocycles. The van der Waals surface area contributed by atoms with Crippen LogP contribution < -0.4 is 5.32 Å². The number of nitrogens with one attached hydrogen (secondary N) is 1. The summed E-state index contributed by atoms with van der Waals surface area (Å²) >= 11 is 0. The van der Waals surface area contributed by atoms with Gasteiger partial charge in [0.2, 0.25) is 0 Å². The molecular formula is C14H13F3N2O. The topological polar surface area (TPSA) is 45.0 Å². The van der Waals surface area contributed by atoms with Gasteiger partial charge in [0.15, 0.2) is 0 Å². The molecule has 0 aliphatic carbocycles. The second kappa shape index (κ2) is 5.87. The molecule has 1 aliphatic rings. The van der Waals surface area contributed by atoms with Gasteiger partial charge in [-0.1, -0.05) is 0 Å². The minimum absolute atomic E-state index is 0.0509. The molecular weight excluding hydrogens is 269 g/mol. The van der Waals surface area contributed by atoms with Crippen LogP contribution >= 0.6 is 0 Å². The maximum atomic E-state index is 12.8. The number of hydrogen-bond donors (Lipinski definition) is 1. The molecule has 1 N–H and O–H groups in total. The number of rotatable bonds is 3. The zero-order chi connectivity index (χ0) is 14.6. The van der Waals surface area contributed by atoms with Crippen molar-refractivity contribution in [2.24, 2.45) is 0 Å². The van der Waals surface area contributed by atoms with E-state index in [0.29, 0.717) is 12.2 Å². The fourth-order valence-electron chi connectivity index (χ4n) is 1.95. The highest BCUT2D eigenvalue weighted by atomic mass is 19.4. The largest absolute Gasteiger partial charge is 0.497 e. The summed E-state index contributed by atoms with van der Waals surface area (Å²) in [6.45, 7) is 0.424. The molecule has 0 saturated heterocycles. The van der Waals surface area contributed by atoms with Crippen molar-refractivity contribution in [1.29, 1.82) is 5.26 Å². The molecule has 1 unspecified atom stereocenters. The number of anilines is 1. The van der Waals surface area contributed by atoms with Crippen LogP contribution in [0.3, 0.4) is 0 Å². The summed E-state index contributed by atoms with van der Waals surface area (Å²) in [6.07, 6.45) is 0.645. The molecule has 0 spiro atoms. The lowest BCUT2D eigenvalue weighted by atomic mass is 10.1. The Morgan fingerprint density at radius 1 is 1.40 bits per heavy atom. The lowest BCUT2D eigenvalue weighted by Gasteiger charge is -2.20. The number of nitriles is 1. The van der Waals surface area contributed by atoms with Gasteiger partial charge < -0.3 is 10.1 Å². The number of ether oxygens (including phenoxy) is 1. The first kappa shape index (κ1) is 14.3. The van der Waals surface area contributed by atoms with Crippen LogP contribution in [0.2, 0.25) is 0 Å². The maximum absolute atomic E-state index is 12.8. The van der Waals surface area contributed by atoms with Gasteiger partial charge in [-0.3, -0.25) is 0 Å². The molecule has 0 bridgehead atoms. The summed E-state index contributed by atoms with van der Waals surface area (Å²) < 4.78 is 43.7. The van der Waals surface area contributed by atoms with Crippen LogP contribution in [-0.4, -0.2) is 12.6 Å². The number of alkyl halides is 3. The molecule has 0 amide bonds. The maximum Gasteiger partial charge on any atom is 0.417 e. The molecule has 106 valence electrons. The van der Waals surface area contributed by atoms with Gasteiger partial charge in [0, 0.05) is 5.69 Å². The van der Waals surface area contributed by atoms with Crippen molar-refractivity contribution in [3.05, 3.63) is 41.7 Å². The molecule has 1 aromatic rings. The van der Waals surface area contributed by atoms with Crippen LogP contribution in [0.5, 0.6) is 0 Å². The van der Waals surface area contributed by atoms with Crippen molar-refractivity contribution in [3.8, 4) is 6.07 Å². The van der Waals surface area contributed by atoms with E-state index in [1.807, 2.05) is 6.08 Å². The van der Waals surface area contributed by atoms with E-state index < -0.39 is 11.7 Å². The molecule has 0 saturated carbocycles. The van der Waals surface area contributed by atoms with Crippen molar-refractivity contribution in [2.75, 3.05) is 11.9 Å². The van der Waals surface area contributed by atoms with Crippen LogP contribution in [0.15, 0.2) is 30.5 Å². The Hall–Kier alpha value is -2.16. The van der Waals surface area contributed by atoms with Crippen molar-refractivity contribution in [3.63, 3.8) is 0 Å². The first-order valence-corrected chi connectivity index (χ1v) is 6.16. The van der Waals surface area contributed by atoms with Gasteiger partial charge in [0.1, 0.15) is 6.10 Å². The summed E-state index contributed by atoms with van der Waals surface area (Å²) in [5.41, 5.74) is -0.969. The standard InChI is InChI=1S/C14H13F3N2O/c15-14(16,17)13-7-11(5-4-10(13)8-18)19-9-12-3-1-2-6-20-12/h2,4-7,12,19H,1,3,9H2. The normalized spacial score (nSPS) is 18.2. The van der Waals surface area contributed by atoms with Gasteiger partial charge >= 0.3 is 6.18 Å². The SMILES string of the molecule is N#Cc1ccc(NCC2CCC=CO2)cc1C(F)(F)F. The first-order valence-electron chi connectivity index (χ1n) is 6.16. The Morgan fingerprint density at radius 2 is 2.20 bits per heavy atom. The van der Waals surface area contributed by atoms with E-state index in [0.717, 1.165) is 18.9 Å². The van der Waals surface area contributed by atoms with Gasteiger partial charge in [-0.05, 0) is 37.1 Å². The Bertz CT molecular complexity index is 546. The Kier molecular flexibility index (Phi) is 4.18. The van der Waals surface area contributed by atoms with Gasteiger partial charge in [-0.25, -0.2) is 0 Å². The van der Waals surface area contributed by atoms with Gasteiger partial charge in [-0.15, -0.1) is 0 Å². The fourth-order valence-corrected chi connectivity index (χ4v) is 1.95. The highest BCUT2D eigenvalue weighted by molar-refractivity contribution is 5.53. The van der Waals surface area contributed by atoms with E-state index >= 15 is 0 Å². The van der Waals surface area contributed by atoms with Gasteiger partial charge in [0.25, 0.3) is 0 Å². The minimum atomic E-state index is -4.53. The van der Waals surface area contributed by atoms with Crippen LogP contribution in [0.25, 0.3) is 0 Å². The molecule has 1 heterocycles. The third-order valence-corrected chi connectivity index (χ3v) is 3.00. The molecule has 6 heteroatoms. The van der Waals surface area contributed by atoms with E-state index in [-0.39, 0.29) is 11.7 Å². The quantitative estimate of drug-likeness (QED) is 0.919. The number of halogens is 3. The summed E-state index contributed by atoms with van der Waals surface area (Å²) in [6, 6.07) is 5.15. The lowest BCUT2D eigenvalue weighted by molar-refractivity contribution is -0.137. The highest BCUT2D eigenvalue weighted by Crippen LogP contribution is 2.33. The van der Waals surface area contributed by atoms with Crippen molar-refractivity contribution in [2.45, 2.75) is 25.1 Å². The highest BCUT2D eigenvalue weighted by Gasteiger charge is 2.33. The second-order valence-corrected chi connectivity index (χ2v) is 4.46. The average molecular weight is 282 g/mol. The molecule has 20 heavy (non-hydrogen) atoms. The molecule has 3 nitrogen and oxygen atoms in total. The van der Waals surface area contributed by atoms with Gasteiger partial charge in [0.05, 0.1) is 30.0 Å². The number of hydrogen-bond acceptors (Lipinski definition) is 3. The lowest BCUT2D eigenvalue weighted by Crippen LogP contribution is -2.23. The minimum Gasteiger partial charge on any atom is -0.497 e. The molecule has 2 rings (SSSR count). The Balaban J connectivity index is 2.09. The Labute approximate surface area is 114 Å². The second-order valence-electron chi connectivity index (χ2n) is 4.46. The van der Waals surface area contributed by atoms with Crippen LogP contribution in [0.4, 0.5) is 18.9 Å². The van der Waals surface area contributed by atoms with Gasteiger partial charge in [-0.2, -0.15) is 18.4 Å². The molecule has 0 aromatic heterocycles. The number of benzene rings is 1. The average Bonchev–Trinajstić information content (AvgIpc) is 2.45. The van der Waals surface area contributed by atoms with E-state index in [1.54, 1.807) is 12.3 Å². The molecule has 0 fully saturated rings. The summed E-state index contributed by atoms with van der Waals surface area (Å²) in [7, 11) is 0. The zero-order valence-electron chi connectivity index (χ0n) is 10.6. The van der Waals surface area contributed by atoms with E-state index in [4.69, 9.17) is 10.00 Å². The molecule has 1 aliphatic heterocycles. The number of nitrogens with zero attached hydrogens (tertiary/aromatic N) is 1. The van der Waals surface area contributed by atoms with Crippen LogP contribution in [-0.2, 0) is 10.9 Å². The van der Waals surface area contributed by atoms with Crippen LogP contribution in [0.1, 0.15) is 24.0 Å². The number of allylic oxidation sites excluding steroid dienone is 1. The third kappa shape index (κ3) is 3.44. The smallest absolute Gasteiger partial charge is 0.417 e. The fraction of sp³-hybridized carbons (Fsp3) is 0.357. The third-order valence-electron chi connectivity index (χ3n) is 3.00. The summed E-state index contributed by atoms with van der Waals surface area (Å²) in [4.78, 5) is 0. The molecule has 1 atom stereocenters. The molecule has 0 radical (unpaired) electrons. The van der Waals surface area contributed by atoms with Crippen molar-refractivity contribution in [1.82, 2.24) is 0 Å². The van der Waals surface area contributed by atoms with E-state index in [2.05, 4.69) is 5.32 Å². The zero-order valence-corrected chi connectivity index (χ0v) is 10.6. The predicted molar refractivity (Wildman–Crippen MR) is 67.9 cm³/mol. The predicted octanol–water partition coefficient (Wildman–Crippen LogP) is 3.68. The van der Waals surface area contributed by atoms with Crippen molar-refractivity contribution < 1.29 is 17.9 Å². The summed E-state index contributed by atoms with van der Waals surface area (Å²) in [5.74, 6) is 0. The Morgan fingerprint density at radius 3 is 2.80 bits per heavy atom. The first-order chi connectivity index (χ1) is 9.50. The summed E-state index contributed by atoms with van der Waals surface area (Å²) in [5, 5.41) is 11.6. The monoisotopic (exact) mass is 282 g/mol. The van der Waals surface area contributed by atoms with Crippen molar-refractivity contribution >= 4 is 5.69 Å².